The molecule has 1 heterocycles. The van der Waals surface area contributed by atoms with Gasteiger partial charge in [0, 0.05) is 39.3 Å². The number of amides is 1. The number of rotatable bonds is 13. The van der Waals surface area contributed by atoms with Crippen molar-refractivity contribution in [2.75, 3.05) is 51.4 Å². The van der Waals surface area contributed by atoms with Gasteiger partial charge in [0.1, 0.15) is 6.61 Å². The molecule has 0 fully saturated rings. The van der Waals surface area contributed by atoms with Gasteiger partial charge < -0.3 is 30.1 Å². The van der Waals surface area contributed by atoms with Gasteiger partial charge in [0.15, 0.2) is 11.5 Å². The maximum atomic E-state index is 12.6. The van der Waals surface area contributed by atoms with Crippen molar-refractivity contribution in [2.24, 2.45) is 0 Å². The summed E-state index contributed by atoms with van der Waals surface area (Å²) in [6, 6.07) is 12.2. The van der Waals surface area contributed by atoms with E-state index in [0.717, 1.165) is 54.2 Å². The van der Waals surface area contributed by atoms with Gasteiger partial charge in [-0.05, 0) is 62.4 Å². The van der Waals surface area contributed by atoms with E-state index in [1.54, 1.807) is 7.05 Å². The molecular weight excluding hydrogens is 418 g/mol. The molecule has 1 unspecified atom stereocenters. The minimum Gasteiger partial charge on any atom is -0.490 e. The monoisotopic (exact) mass is 455 g/mol. The molecular formula is C26H37N3O4. The van der Waals surface area contributed by atoms with Crippen LogP contribution in [0.25, 0.3) is 0 Å². The summed E-state index contributed by atoms with van der Waals surface area (Å²) in [5.41, 5.74) is 4.11. The molecule has 3 rings (SSSR count). The van der Waals surface area contributed by atoms with Gasteiger partial charge in [-0.3, -0.25) is 4.79 Å². The van der Waals surface area contributed by atoms with E-state index in [2.05, 4.69) is 28.5 Å². The summed E-state index contributed by atoms with van der Waals surface area (Å²) in [6.07, 6.45) is 2.45. The number of nitrogens with one attached hydrogen (secondary N) is 2. The number of benzene rings is 2. The molecule has 2 aromatic carbocycles. The average molecular weight is 456 g/mol. The molecule has 1 aliphatic rings. The van der Waals surface area contributed by atoms with Crippen LogP contribution in [0.3, 0.4) is 0 Å². The number of hydrogen-bond donors (Lipinski definition) is 3. The molecule has 0 aromatic heterocycles. The minimum atomic E-state index is -0.0639. The molecule has 1 atom stereocenters. The second kappa shape index (κ2) is 12.5. The number of aliphatic hydroxyl groups is 1. The number of anilines is 1. The van der Waals surface area contributed by atoms with Crippen LogP contribution < -0.4 is 25.0 Å². The van der Waals surface area contributed by atoms with Crippen LogP contribution in [0.1, 0.15) is 41.8 Å². The van der Waals surface area contributed by atoms with Crippen LogP contribution in [-0.2, 0) is 12.8 Å². The van der Waals surface area contributed by atoms with Crippen molar-refractivity contribution in [3.8, 4) is 11.5 Å². The summed E-state index contributed by atoms with van der Waals surface area (Å²) in [5.74, 6) is 1.46. The smallest absolute Gasteiger partial charge is 0.253 e. The Kier molecular flexibility index (Phi) is 9.39. The van der Waals surface area contributed by atoms with Crippen LogP contribution in [0.5, 0.6) is 11.5 Å². The lowest BCUT2D eigenvalue weighted by Gasteiger charge is -2.22. The molecule has 0 saturated heterocycles. The molecule has 33 heavy (non-hydrogen) atoms. The maximum Gasteiger partial charge on any atom is 0.253 e. The Morgan fingerprint density at radius 2 is 1.97 bits per heavy atom. The third-order valence-corrected chi connectivity index (χ3v) is 5.82. The van der Waals surface area contributed by atoms with E-state index in [1.807, 2.05) is 37.3 Å². The number of ether oxygens (including phenoxy) is 2. The number of aliphatic hydroxyl groups excluding tert-OH is 1. The molecule has 0 aliphatic carbocycles. The van der Waals surface area contributed by atoms with Crippen molar-refractivity contribution in [3.05, 3.63) is 53.1 Å². The molecule has 0 saturated carbocycles. The number of carbonyl (C=O) groups excluding carboxylic acids is 1. The average Bonchev–Trinajstić information content (AvgIpc) is 3.23. The Balaban J connectivity index is 1.58. The number of fused-ring (bicyclic) bond motifs is 1. The van der Waals surface area contributed by atoms with Crippen LogP contribution >= 0.6 is 0 Å². The van der Waals surface area contributed by atoms with Crippen molar-refractivity contribution < 1.29 is 19.4 Å². The van der Waals surface area contributed by atoms with E-state index in [0.29, 0.717) is 26.2 Å². The topological polar surface area (TPSA) is 83.1 Å². The Bertz CT molecular complexity index is 918. The van der Waals surface area contributed by atoms with Gasteiger partial charge in [-0.1, -0.05) is 18.2 Å². The van der Waals surface area contributed by atoms with Gasteiger partial charge in [-0.15, -0.1) is 0 Å². The fraction of sp³-hybridized carbons (Fsp3) is 0.500. The zero-order valence-electron chi connectivity index (χ0n) is 20.0. The number of nitrogens with zero attached hydrogens (tertiary/aromatic N) is 1. The highest BCUT2D eigenvalue weighted by molar-refractivity contribution is 6.01. The standard InChI is InChI=1S/C26H37N3O4/c1-4-32-23-8-5-6-9-24(23)33-15-11-28-19(2)16-20-17-21-10-13-29(12-7-14-30)25(21)22(18-20)26(31)27-3/h5-6,8-9,17-19,28,30H,4,7,10-16H2,1-3H3,(H,27,31). The van der Waals surface area contributed by atoms with E-state index in [1.165, 1.54) is 5.56 Å². The van der Waals surface area contributed by atoms with Crippen molar-refractivity contribution in [2.45, 2.75) is 39.2 Å². The Hall–Kier alpha value is -2.77. The first kappa shape index (κ1) is 24.9. The van der Waals surface area contributed by atoms with Crippen LogP contribution in [-0.4, -0.2) is 63.6 Å². The highest BCUT2D eigenvalue weighted by Crippen LogP contribution is 2.34. The predicted octanol–water partition coefficient (Wildman–Crippen LogP) is 2.79. The number of para-hydroxylation sites is 2. The van der Waals surface area contributed by atoms with E-state index in [-0.39, 0.29) is 18.6 Å². The van der Waals surface area contributed by atoms with Crippen molar-refractivity contribution >= 4 is 11.6 Å². The van der Waals surface area contributed by atoms with E-state index in [4.69, 9.17) is 9.47 Å². The summed E-state index contributed by atoms with van der Waals surface area (Å²) in [6.45, 7) is 7.77. The van der Waals surface area contributed by atoms with Crippen LogP contribution in [0.15, 0.2) is 36.4 Å². The first-order valence-corrected chi connectivity index (χ1v) is 11.9. The third-order valence-electron chi connectivity index (χ3n) is 5.82. The molecule has 2 aromatic rings. The van der Waals surface area contributed by atoms with Crippen molar-refractivity contribution in [1.82, 2.24) is 10.6 Å². The number of hydrogen-bond acceptors (Lipinski definition) is 6. The fourth-order valence-corrected chi connectivity index (χ4v) is 4.34. The first-order chi connectivity index (χ1) is 16.1. The zero-order valence-corrected chi connectivity index (χ0v) is 20.0. The summed E-state index contributed by atoms with van der Waals surface area (Å²) in [7, 11) is 1.67. The Morgan fingerprint density at radius 3 is 2.67 bits per heavy atom. The van der Waals surface area contributed by atoms with Crippen LogP contribution in [0.2, 0.25) is 0 Å². The van der Waals surface area contributed by atoms with Gasteiger partial charge in [-0.2, -0.15) is 0 Å². The van der Waals surface area contributed by atoms with Gasteiger partial charge >= 0.3 is 0 Å². The lowest BCUT2D eigenvalue weighted by atomic mass is 9.98. The largest absolute Gasteiger partial charge is 0.490 e. The molecule has 180 valence electrons. The molecule has 7 heteroatoms. The lowest BCUT2D eigenvalue weighted by Crippen LogP contribution is -2.32. The third kappa shape index (κ3) is 6.62. The van der Waals surface area contributed by atoms with Crippen molar-refractivity contribution in [1.29, 1.82) is 0 Å². The van der Waals surface area contributed by atoms with Gasteiger partial charge in [0.2, 0.25) is 0 Å². The van der Waals surface area contributed by atoms with Gasteiger partial charge in [0.25, 0.3) is 5.91 Å². The zero-order chi connectivity index (χ0) is 23.6. The Labute approximate surface area is 197 Å². The molecule has 0 spiro atoms. The first-order valence-electron chi connectivity index (χ1n) is 11.9. The van der Waals surface area contributed by atoms with E-state index >= 15 is 0 Å². The quantitative estimate of drug-likeness (QED) is 0.403. The molecule has 3 N–H and O–H groups in total. The second-order valence-electron chi connectivity index (χ2n) is 8.33. The Morgan fingerprint density at radius 1 is 1.21 bits per heavy atom. The lowest BCUT2D eigenvalue weighted by molar-refractivity contribution is 0.0963. The van der Waals surface area contributed by atoms with Crippen molar-refractivity contribution in [3.63, 3.8) is 0 Å². The summed E-state index contributed by atoms with van der Waals surface area (Å²) >= 11 is 0. The van der Waals surface area contributed by atoms with Crippen LogP contribution in [0, 0.1) is 0 Å². The van der Waals surface area contributed by atoms with Gasteiger partial charge in [0.05, 0.1) is 17.9 Å². The summed E-state index contributed by atoms with van der Waals surface area (Å²) < 4.78 is 11.5. The molecule has 1 amide bonds. The van der Waals surface area contributed by atoms with Gasteiger partial charge in [-0.25, -0.2) is 0 Å². The maximum absolute atomic E-state index is 12.6. The molecule has 0 bridgehead atoms. The SMILES string of the molecule is CCOc1ccccc1OCCNC(C)Cc1cc2c(c(C(=O)NC)c1)N(CCCO)CC2. The molecule has 1 aliphatic heterocycles. The predicted molar refractivity (Wildman–Crippen MR) is 132 cm³/mol. The summed E-state index contributed by atoms with van der Waals surface area (Å²) in [5, 5.41) is 15.5. The normalized spacial score (nSPS) is 13.5. The second-order valence-corrected chi connectivity index (χ2v) is 8.33. The molecule has 7 nitrogen and oxygen atoms in total. The number of carbonyl (C=O) groups is 1. The highest BCUT2D eigenvalue weighted by Gasteiger charge is 2.26. The van der Waals surface area contributed by atoms with E-state index in [9.17, 15) is 9.90 Å². The fourth-order valence-electron chi connectivity index (χ4n) is 4.34. The van der Waals surface area contributed by atoms with E-state index < -0.39 is 0 Å². The summed E-state index contributed by atoms with van der Waals surface area (Å²) in [4.78, 5) is 14.8. The van der Waals surface area contributed by atoms with Crippen LogP contribution in [0.4, 0.5) is 5.69 Å². The molecule has 0 radical (unpaired) electrons. The minimum absolute atomic E-state index is 0.0639. The highest BCUT2D eigenvalue weighted by atomic mass is 16.5.